The van der Waals surface area contributed by atoms with Gasteiger partial charge in [0.15, 0.2) is 0 Å². The molecule has 0 amide bonds. The number of likely N-dealkylation sites (tertiary alicyclic amines) is 1. The summed E-state index contributed by atoms with van der Waals surface area (Å²) in [5, 5.41) is 9.18. The molecule has 0 aromatic heterocycles. The first-order valence-corrected chi connectivity index (χ1v) is 5.83. The Morgan fingerprint density at radius 3 is 2.81 bits per heavy atom. The highest BCUT2D eigenvalue weighted by Crippen LogP contribution is 2.31. The van der Waals surface area contributed by atoms with E-state index in [2.05, 4.69) is 11.8 Å². The van der Waals surface area contributed by atoms with E-state index < -0.39 is 0 Å². The lowest BCUT2D eigenvalue weighted by Gasteiger charge is -2.29. The summed E-state index contributed by atoms with van der Waals surface area (Å²) in [7, 11) is 0. The average molecular weight is 223 g/mol. The van der Waals surface area contributed by atoms with Gasteiger partial charge in [-0.05, 0) is 39.3 Å². The second-order valence-corrected chi connectivity index (χ2v) is 4.61. The predicted molar refractivity (Wildman–Crippen MR) is 61.9 cm³/mol. The number of benzene rings is 1. The minimum absolute atomic E-state index is 0.0112. The van der Waals surface area contributed by atoms with Gasteiger partial charge in [-0.3, -0.25) is 4.90 Å². The monoisotopic (exact) mass is 223 g/mol. The zero-order valence-electron chi connectivity index (χ0n) is 9.78. The van der Waals surface area contributed by atoms with Crippen LogP contribution in [-0.4, -0.2) is 22.6 Å². The second-order valence-electron chi connectivity index (χ2n) is 4.61. The number of nitrogens with zero attached hydrogens (tertiary/aromatic N) is 1. The third-order valence-corrected chi connectivity index (χ3v) is 3.54. The summed E-state index contributed by atoms with van der Waals surface area (Å²) in [5.74, 6) is -0.325. The van der Waals surface area contributed by atoms with E-state index in [0.29, 0.717) is 11.6 Å². The van der Waals surface area contributed by atoms with E-state index in [1.54, 1.807) is 12.1 Å². The van der Waals surface area contributed by atoms with Gasteiger partial charge in [0, 0.05) is 23.7 Å². The van der Waals surface area contributed by atoms with Gasteiger partial charge < -0.3 is 5.11 Å². The first-order chi connectivity index (χ1) is 7.59. The van der Waals surface area contributed by atoms with Crippen LogP contribution in [0.1, 0.15) is 38.3 Å². The van der Waals surface area contributed by atoms with Gasteiger partial charge in [0.25, 0.3) is 0 Å². The molecule has 0 bridgehead atoms. The summed E-state index contributed by atoms with van der Waals surface area (Å²) >= 11 is 0. The van der Waals surface area contributed by atoms with Gasteiger partial charge in [-0.25, -0.2) is 4.39 Å². The molecule has 3 heteroatoms. The van der Waals surface area contributed by atoms with E-state index in [4.69, 9.17) is 0 Å². The summed E-state index contributed by atoms with van der Waals surface area (Å²) in [5.41, 5.74) is 0.673. The third kappa shape index (κ3) is 2.05. The van der Waals surface area contributed by atoms with E-state index >= 15 is 0 Å². The molecular formula is C13H18FNO. The smallest absolute Gasteiger partial charge is 0.131 e. The van der Waals surface area contributed by atoms with E-state index in [9.17, 15) is 9.50 Å². The van der Waals surface area contributed by atoms with Crippen LogP contribution in [0.5, 0.6) is 5.75 Å². The number of phenols is 1. The van der Waals surface area contributed by atoms with Crippen molar-refractivity contribution in [2.75, 3.05) is 6.54 Å². The van der Waals surface area contributed by atoms with Gasteiger partial charge in [0.2, 0.25) is 0 Å². The Morgan fingerprint density at radius 2 is 2.25 bits per heavy atom. The maximum Gasteiger partial charge on any atom is 0.131 e. The SMILES string of the molecule is CC1CCCN1C(C)c1ccc(O)cc1F. The lowest BCUT2D eigenvalue weighted by Crippen LogP contribution is -2.30. The van der Waals surface area contributed by atoms with Crippen molar-refractivity contribution in [2.24, 2.45) is 0 Å². The van der Waals surface area contributed by atoms with Gasteiger partial charge in [0.05, 0.1) is 0 Å². The molecule has 1 heterocycles. The van der Waals surface area contributed by atoms with Crippen molar-refractivity contribution in [3.63, 3.8) is 0 Å². The van der Waals surface area contributed by atoms with Crippen molar-refractivity contribution >= 4 is 0 Å². The molecule has 0 saturated carbocycles. The van der Waals surface area contributed by atoms with Crippen molar-refractivity contribution in [2.45, 2.75) is 38.8 Å². The summed E-state index contributed by atoms with van der Waals surface area (Å²) in [6, 6.07) is 5.02. The highest BCUT2D eigenvalue weighted by atomic mass is 19.1. The van der Waals surface area contributed by atoms with Crippen molar-refractivity contribution < 1.29 is 9.50 Å². The van der Waals surface area contributed by atoms with Crippen LogP contribution < -0.4 is 0 Å². The summed E-state index contributed by atoms with van der Waals surface area (Å²) < 4.78 is 13.7. The van der Waals surface area contributed by atoms with Crippen LogP contribution in [0.25, 0.3) is 0 Å². The molecule has 2 rings (SSSR count). The molecular weight excluding hydrogens is 205 g/mol. The first kappa shape index (κ1) is 11.4. The Labute approximate surface area is 95.7 Å². The standard InChI is InChI=1S/C13H18FNO/c1-9-4-3-7-15(9)10(2)12-6-5-11(16)8-13(12)14/h5-6,8-10,16H,3-4,7H2,1-2H3. The van der Waals surface area contributed by atoms with Gasteiger partial charge in [0.1, 0.15) is 11.6 Å². The molecule has 0 aliphatic carbocycles. The largest absolute Gasteiger partial charge is 0.508 e. The Hall–Kier alpha value is -1.09. The Kier molecular flexibility index (Phi) is 3.15. The fourth-order valence-electron chi connectivity index (χ4n) is 2.56. The Bertz CT molecular complexity index is 380. The van der Waals surface area contributed by atoms with Gasteiger partial charge in [-0.15, -0.1) is 0 Å². The molecule has 2 nitrogen and oxygen atoms in total. The zero-order valence-corrected chi connectivity index (χ0v) is 9.78. The molecule has 88 valence electrons. The van der Waals surface area contributed by atoms with Crippen LogP contribution >= 0.6 is 0 Å². The van der Waals surface area contributed by atoms with Crippen molar-refractivity contribution in [3.05, 3.63) is 29.6 Å². The molecule has 1 fully saturated rings. The number of hydrogen-bond acceptors (Lipinski definition) is 2. The third-order valence-electron chi connectivity index (χ3n) is 3.54. The lowest BCUT2D eigenvalue weighted by atomic mass is 10.1. The van der Waals surface area contributed by atoms with Gasteiger partial charge in [-0.2, -0.15) is 0 Å². The normalized spacial score (nSPS) is 23.6. The van der Waals surface area contributed by atoms with Crippen LogP contribution in [0.2, 0.25) is 0 Å². The van der Waals surface area contributed by atoms with E-state index in [1.807, 2.05) is 6.92 Å². The van der Waals surface area contributed by atoms with Crippen LogP contribution in [0, 0.1) is 5.82 Å². The molecule has 2 unspecified atom stereocenters. The molecule has 0 spiro atoms. The molecule has 1 N–H and O–H groups in total. The number of halogens is 1. The molecule has 1 aliphatic heterocycles. The highest BCUT2D eigenvalue weighted by Gasteiger charge is 2.27. The van der Waals surface area contributed by atoms with Crippen LogP contribution in [-0.2, 0) is 0 Å². The topological polar surface area (TPSA) is 23.5 Å². The molecule has 16 heavy (non-hydrogen) atoms. The fraction of sp³-hybridized carbons (Fsp3) is 0.538. The molecule has 1 saturated heterocycles. The summed E-state index contributed by atoms with van der Waals surface area (Å²) in [4.78, 5) is 2.31. The Morgan fingerprint density at radius 1 is 1.50 bits per heavy atom. The van der Waals surface area contributed by atoms with E-state index in [1.165, 1.54) is 18.9 Å². The first-order valence-electron chi connectivity index (χ1n) is 5.83. The van der Waals surface area contributed by atoms with E-state index in [0.717, 1.165) is 6.54 Å². The highest BCUT2D eigenvalue weighted by molar-refractivity contribution is 5.29. The summed E-state index contributed by atoms with van der Waals surface area (Å²) in [6.45, 7) is 5.24. The maximum absolute atomic E-state index is 13.7. The number of aromatic hydroxyl groups is 1. The Balaban J connectivity index is 2.23. The maximum atomic E-state index is 13.7. The van der Waals surface area contributed by atoms with Crippen molar-refractivity contribution in [1.82, 2.24) is 4.90 Å². The molecule has 1 aromatic carbocycles. The fourth-order valence-corrected chi connectivity index (χ4v) is 2.56. The average Bonchev–Trinajstić information content (AvgIpc) is 2.63. The van der Waals surface area contributed by atoms with Gasteiger partial charge >= 0.3 is 0 Å². The predicted octanol–water partition coefficient (Wildman–Crippen LogP) is 3.08. The number of hydrogen-bond donors (Lipinski definition) is 1. The van der Waals surface area contributed by atoms with E-state index in [-0.39, 0.29) is 17.6 Å². The van der Waals surface area contributed by atoms with Crippen LogP contribution in [0.3, 0.4) is 0 Å². The minimum Gasteiger partial charge on any atom is -0.508 e. The summed E-state index contributed by atoms with van der Waals surface area (Å²) in [6.07, 6.45) is 2.37. The number of phenolic OH excluding ortho intramolecular Hbond substituents is 1. The molecule has 0 radical (unpaired) electrons. The second kappa shape index (κ2) is 4.42. The van der Waals surface area contributed by atoms with Crippen LogP contribution in [0.15, 0.2) is 18.2 Å². The molecule has 2 atom stereocenters. The quantitative estimate of drug-likeness (QED) is 0.832. The number of rotatable bonds is 2. The van der Waals surface area contributed by atoms with Crippen molar-refractivity contribution in [3.8, 4) is 5.75 Å². The molecule has 1 aliphatic rings. The van der Waals surface area contributed by atoms with Crippen molar-refractivity contribution in [1.29, 1.82) is 0 Å². The van der Waals surface area contributed by atoms with Crippen LogP contribution in [0.4, 0.5) is 4.39 Å². The molecule has 1 aromatic rings. The lowest BCUT2D eigenvalue weighted by molar-refractivity contribution is 0.201. The minimum atomic E-state index is -0.313. The zero-order chi connectivity index (χ0) is 11.7. The van der Waals surface area contributed by atoms with Gasteiger partial charge in [-0.1, -0.05) is 6.07 Å².